The van der Waals surface area contributed by atoms with Gasteiger partial charge in [0, 0.05) is 43.9 Å². The van der Waals surface area contributed by atoms with Crippen molar-refractivity contribution in [2.75, 3.05) is 13.2 Å². The van der Waals surface area contributed by atoms with E-state index < -0.39 is 69.2 Å². The van der Waals surface area contributed by atoms with Crippen LogP contribution in [0.5, 0.6) is 0 Å². The zero-order valence-corrected chi connectivity index (χ0v) is 35.9. The van der Waals surface area contributed by atoms with Gasteiger partial charge in [0.1, 0.15) is 12.4 Å². The number of aliphatic hydroxyl groups excluding tert-OH is 3. The highest BCUT2D eigenvalue weighted by Crippen LogP contribution is 2.37. The summed E-state index contributed by atoms with van der Waals surface area (Å²) < 4.78 is 26.2. The van der Waals surface area contributed by atoms with Crippen molar-refractivity contribution in [1.29, 1.82) is 0 Å². The lowest BCUT2D eigenvalue weighted by Crippen LogP contribution is -2.29. The minimum Gasteiger partial charge on any atom is -0.462 e. The summed E-state index contributed by atoms with van der Waals surface area (Å²) in [7, 11) is -4.87. The van der Waals surface area contributed by atoms with Crippen LogP contribution in [0.4, 0.5) is 0 Å². The molecule has 330 valence electrons. The Morgan fingerprint density at radius 3 is 1.86 bits per heavy atom. The largest absolute Gasteiger partial charge is 0.469 e. The van der Waals surface area contributed by atoms with Gasteiger partial charge in [0.15, 0.2) is 6.10 Å². The van der Waals surface area contributed by atoms with Gasteiger partial charge in [-0.25, -0.2) is 4.57 Å². The summed E-state index contributed by atoms with van der Waals surface area (Å²) in [5.41, 5.74) is 0. The predicted molar refractivity (Wildman–Crippen MR) is 227 cm³/mol. The number of ether oxygens (including phenoxy) is 2. The number of phosphoric acid groups is 1. The number of carbonyl (C=O) groups excluding carboxylic acids is 3. The molecule has 0 amide bonds. The number of unbranched alkanes of at least 4 members (excludes halogenated alkanes) is 6. The van der Waals surface area contributed by atoms with E-state index >= 15 is 0 Å². The molecule has 0 saturated heterocycles. The van der Waals surface area contributed by atoms with E-state index in [1.54, 1.807) is 12.2 Å². The molecule has 1 fully saturated rings. The van der Waals surface area contributed by atoms with Crippen LogP contribution in [0.2, 0.25) is 0 Å². The van der Waals surface area contributed by atoms with Crippen LogP contribution < -0.4 is 0 Å². The number of hydrogen-bond acceptors (Lipinski definition) is 10. The lowest BCUT2D eigenvalue weighted by atomic mass is 9.87. The number of rotatable bonds is 34. The zero-order chi connectivity index (χ0) is 42.9. The molecular formula is C45H73O12P. The lowest BCUT2D eigenvalue weighted by Gasteiger charge is -2.20. The third-order valence-electron chi connectivity index (χ3n) is 9.69. The SMILES string of the molecule is CCCCC/C=C\C/C=C\C/C=C\C/C=C\C/C=C\CCC(=O)O[C@H](COC(=O)CCCCC(=O)C[C@@H]1[C@@H](/C=C/[C@@H](O)CCCCC)[C@H](O)C[C@@H]1O)COP(=O)(O)O. The Balaban J connectivity index is 2.36. The van der Waals surface area contributed by atoms with E-state index in [-0.39, 0.29) is 37.9 Å². The number of carbonyl (C=O) groups is 3. The van der Waals surface area contributed by atoms with Crippen LogP contribution in [0.1, 0.15) is 142 Å². The number of hydrogen-bond donors (Lipinski definition) is 5. The summed E-state index contributed by atoms with van der Waals surface area (Å²) in [6.07, 6.45) is 34.1. The van der Waals surface area contributed by atoms with E-state index in [0.29, 0.717) is 32.1 Å². The normalized spacial score (nSPS) is 20.1. The molecule has 0 aromatic rings. The molecule has 0 bridgehead atoms. The molecule has 5 N–H and O–H groups in total. The van der Waals surface area contributed by atoms with Crippen LogP contribution in [0.3, 0.4) is 0 Å². The van der Waals surface area contributed by atoms with Crippen molar-refractivity contribution in [3.63, 3.8) is 0 Å². The second kappa shape index (κ2) is 33.8. The average molecular weight is 837 g/mol. The van der Waals surface area contributed by atoms with Crippen LogP contribution in [-0.2, 0) is 32.9 Å². The van der Waals surface area contributed by atoms with Crippen molar-refractivity contribution in [3.8, 4) is 0 Å². The Labute approximate surface area is 347 Å². The number of esters is 2. The zero-order valence-electron chi connectivity index (χ0n) is 35.0. The molecule has 1 aliphatic carbocycles. The molecule has 6 atom stereocenters. The topological polar surface area (TPSA) is 197 Å². The molecule has 1 rings (SSSR count). The Hall–Kier alpha value is -2.96. The fourth-order valence-corrected chi connectivity index (χ4v) is 6.77. The van der Waals surface area contributed by atoms with Gasteiger partial charge in [-0.3, -0.25) is 18.9 Å². The molecule has 1 aliphatic rings. The van der Waals surface area contributed by atoms with E-state index in [0.717, 1.165) is 44.9 Å². The minimum absolute atomic E-state index is 0.00832. The third-order valence-corrected chi connectivity index (χ3v) is 10.2. The van der Waals surface area contributed by atoms with Gasteiger partial charge in [0.05, 0.1) is 24.9 Å². The van der Waals surface area contributed by atoms with Gasteiger partial charge < -0.3 is 34.6 Å². The van der Waals surface area contributed by atoms with E-state index in [4.69, 9.17) is 19.3 Å². The maximum absolute atomic E-state index is 12.7. The van der Waals surface area contributed by atoms with E-state index in [1.165, 1.54) is 19.3 Å². The standard InChI is InChI=1S/C45H73O12P/c1-3-5-7-8-9-10-11-12-13-14-15-16-17-18-19-20-21-22-24-30-45(51)57-39(36-56-58(52,53)54)35-55-44(50)29-26-25-28-38(47)33-41-40(42(48)34-43(41)49)32-31-37(46)27-23-6-4-2/h9-10,12-13,15-16,18-19,21-22,31-32,37,39-43,46,48-49H,3-8,11,14,17,20,23-30,33-36H2,1-2H3,(H2,52,53,54)/b10-9-,13-12-,16-15-,19-18-,22-21-,32-31+/t37-,39+,40+,41+,42+,43-/m0/s1. The van der Waals surface area contributed by atoms with Gasteiger partial charge in [-0.05, 0) is 64.2 Å². The van der Waals surface area contributed by atoms with Gasteiger partial charge >= 0.3 is 19.8 Å². The minimum atomic E-state index is -4.87. The predicted octanol–water partition coefficient (Wildman–Crippen LogP) is 8.63. The quantitative estimate of drug-likeness (QED) is 0.0179. The summed E-state index contributed by atoms with van der Waals surface area (Å²) in [5.74, 6) is -2.30. The van der Waals surface area contributed by atoms with Crippen LogP contribution in [-0.4, -0.2) is 80.5 Å². The first-order valence-corrected chi connectivity index (χ1v) is 22.9. The third kappa shape index (κ3) is 29.3. The molecule has 0 aliphatic heterocycles. The molecule has 0 radical (unpaired) electrons. The van der Waals surface area contributed by atoms with Crippen molar-refractivity contribution in [3.05, 3.63) is 72.9 Å². The molecular weight excluding hydrogens is 763 g/mol. The second-order valence-corrected chi connectivity index (χ2v) is 16.2. The molecule has 13 heteroatoms. The van der Waals surface area contributed by atoms with E-state index in [1.807, 2.05) is 18.2 Å². The maximum Gasteiger partial charge on any atom is 0.469 e. The summed E-state index contributed by atoms with van der Waals surface area (Å²) in [6.45, 7) is 3.16. The Morgan fingerprint density at radius 2 is 1.26 bits per heavy atom. The maximum atomic E-state index is 12.7. The Bertz CT molecular complexity index is 1350. The summed E-state index contributed by atoms with van der Waals surface area (Å²) in [5, 5.41) is 31.2. The Morgan fingerprint density at radius 1 is 0.690 bits per heavy atom. The molecule has 0 unspecified atom stereocenters. The lowest BCUT2D eigenvalue weighted by molar-refractivity contribution is -0.161. The van der Waals surface area contributed by atoms with Crippen LogP contribution in [0, 0.1) is 11.8 Å². The van der Waals surface area contributed by atoms with Gasteiger partial charge in [0.25, 0.3) is 0 Å². The molecule has 1 saturated carbocycles. The number of phosphoric ester groups is 1. The smallest absolute Gasteiger partial charge is 0.462 e. The van der Waals surface area contributed by atoms with Crippen molar-refractivity contribution in [2.24, 2.45) is 11.8 Å². The first-order valence-electron chi connectivity index (χ1n) is 21.4. The average Bonchev–Trinajstić information content (AvgIpc) is 3.44. The fourth-order valence-electron chi connectivity index (χ4n) is 6.41. The molecule has 0 spiro atoms. The van der Waals surface area contributed by atoms with Gasteiger partial charge in [0.2, 0.25) is 0 Å². The highest BCUT2D eigenvalue weighted by molar-refractivity contribution is 7.46. The first-order chi connectivity index (χ1) is 27.9. The molecule has 0 heterocycles. The van der Waals surface area contributed by atoms with Gasteiger partial charge in [-0.15, -0.1) is 0 Å². The summed E-state index contributed by atoms with van der Waals surface area (Å²) in [4.78, 5) is 55.8. The molecule has 58 heavy (non-hydrogen) atoms. The molecule has 0 aromatic carbocycles. The van der Waals surface area contributed by atoms with Crippen molar-refractivity contribution in [1.82, 2.24) is 0 Å². The number of aliphatic hydroxyl groups is 3. The number of ketones is 1. The van der Waals surface area contributed by atoms with Gasteiger partial charge in [-0.2, -0.15) is 0 Å². The fraction of sp³-hybridized carbons (Fsp3) is 0.667. The number of allylic oxidation sites excluding steroid dienone is 10. The van der Waals surface area contributed by atoms with Crippen LogP contribution in [0.25, 0.3) is 0 Å². The van der Waals surface area contributed by atoms with Crippen molar-refractivity contribution in [2.45, 2.75) is 167 Å². The molecule has 0 aromatic heterocycles. The van der Waals surface area contributed by atoms with E-state index in [2.05, 4.69) is 60.9 Å². The monoisotopic (exact) mass is 836 g/mol. The second-order valence-electron chi connectivity index (χ2n) is 14.9. The summed E-state index contributed by atoms with van der Waals surface area (Å²) in [6, 6.07) is 0. The highest BCUT2D eigenvalue weighted by Gasteiger charge is 2.41. The number of Topliss-reactive ketones (excluding diaryl/α,β-unsaturated/α-hetero) is 1. The van der Waals surface area contributed by atoms with Crippen molar-refractivity contribution >= 4 is 25.5 Å². The van der Waals surface area contributed by atoms with Crippen LogP contribution in [0.15, 0.2) is 72.9 Å². The molecule has 12 nitrogen and oxygen atoms in total. The summed E-state index contributed by atoms with van der Waals surface area (Å²) >= 11 is 0. The first kappa shape index (κ1) is 53.1. The van der Waals surface area contributed by atoms with Gasteiger partial charge in [-0.1, -0.05) is 119 Å². The van der Waals surface area contributed by atoms with Crippen LogP contribution >= 0.6 is 7.82 Å². The van der Waals surface area contributed by atoms with E-state index in [9.17, 15) is 34.3 Å². The van der Waals surface area contributed by atoms with Crippen molar-refractivity contribution < 1.29 is 58.1 Å². The highest BCUT2D eigenvalue weighted by atomic mass is 31.2. The Kier molecular flexibility index (Phi) is 30.9.